The SMILES string of the molecule is CCCCON(CC(OCC)OCC)C(=O)NCc1ccccc1. The Morgan fingerprint density at radius 2 is 1.79 bits per heavy atom. The summed E-state index contributed by atoms with van der Waals surface area (Å²) in [6.45, 7) is 8.05. The summed E-state index contributed by atoms with van der Waals surface area (Å²) in [5, 5.41) is 4.17. The fourth-order valence-corrected chi connectivity index (χ4v) is 2.04. The van der Waals surface area contributed by atoms with Crippen LogP contribution in [0.5, 0.6) is 0 Å². The van der Waals surface area contributed by atoms with Crippen molar-refractivity contribution in [1.82, 2.24) is 10.4 Å². The molecule has 6 heteroatoms. The van der Waals surface area contributed by atoms with Crippen molar-refractivity contribution in [3.8, 4) is 0 Å². The molecule has 0 atom stereocenters. The molecule has 1 N–H and O–H groups in total. The first-order chi connectivity index (χ1) is 11.7. The number of ether oxygens (including phenoxy) is 2. The molecule has 0 aliphatic carbocycles. The van der Waals surface area contributed by atoms with E-state index in [2.05, 4.69) is 12.2 Å². The second-order valence-electron chi connectivity index (χ2n) is 5.23. The van der Waals surface area contributed by atoms with Gasteiger partial charge in [-0.3, -0.25) is 4.84 Å². The molecular formula is C18H30N2O4. The van der Waals surface area contributed by atoms with Gasteiger partial charge in [-0.2, -0.15) is 5.06 Å². The van der Waals surface area contributed by atoms with E-state index in [4.69, 9.17) is 14.3 Å². The zero-order valence-corrected chi connectivity index (χ0v) is 15.0. The number of urea groups is 1. The van der Waals surface area contributed by atoms with Gasteiger partial charge in [-0.05, 0) is 25.8 Å². The predicted octanol–water partition coefficient (Wildman–Crippen LogP) is 3.33. The number of hydrogen-bond donors (Lipinski definition) is 1. The maximum Gasteiger partial charge on any atom is 0.341 e. The van der Waals surface area contributed by atoms with Crippen LogP contribution >= 0.6 is 0 Å². The Labute approximate surface area is 145 Å². The van der Waals surface area contributed by atoms with E-state index in [9.17, 15) is 4.79 Å². The number of carbonyl (C=O) groups excluding carboxylic acids is 1. The minimum atomic E-state index is -0.496. The molecule has 0 saturated carbocycles. The molecule has 0 bridgehead atoms. The predicted molar refractivity (Wildman–Crippen MR) is 93.3 cm³/mol. The Morgan fingerprint density at radius 3 is 2.38 bits per heavy atom. The molecule has 1 aromatic rings. The molecule has 0 unspecified atom stereocenters. The van der Waals surface area contributed by atoms with Crippen LogP contribution in [0.3, 0.4) is 0 Å². The van der Waals surface area contributed by atoms with E-state index >= 15 is 0 Å². The fourth-order valence-electron chi connectivity index (χ4n) is 2.04. The second kappa shape index (κ2) is 12.8. The van der Waals surface area contributed by atoms with Crippen LogP contribution in [0, 0.1) is 0 Å². The van der Waals surface area contributed by atoms with Gasteiger partial charge in [-0.1, -0.05) is 43.7 Å². The number of amides is 2. The minimum Gasteiger partial charge on any atom is -0.351 e. The van der Waals surface area contributed by atoms with Gasteiger partial charge in [0.15, 0.2) is 6.29 Å². The van der Waals surface area contributed by atoms with Crippen LogP contribution in [0.1, 0.15) is 39.2 Å². The van der Waals surface area contributed by atoms with Crippen molar-refractivity contribution in [2.45, 2.75) is 46.4 Å². The molecule has 0 aromatic heterocycles. The molecule has 136 valence electrons. The van der Waals surface area contributed by atoms with Crippen molar-refractivity contribution in [1.29, 1.82) is 0 Å². The molecular weight excluding hydrogens is 308 g/mol. The lowest BCUT2D eigenvalue weighted by Gasteiger charge is -2.26. The van der Waals surface area contributed by atoms with Gasteiger partial charge in [-0.15, -0.1) is 0 Å². The van der Waals surface area contributed by atoms with E-state index in [0.29, 0.717) is 26.4 Å². The number of unbranched alkanes of at least 4 members (excludes halogenated alkanes) is 1. The van der Waals surface area contributed by atoms with Gasteiger partial charge in [0.05, 0.1) is 6.61 Å². The van der Waals surface area contributed by atoms with Crippen LogP contribution in [0.4, 0.5) is 4.79 Å². The monoisotopic (exact) mass is 338 g/mol. The van der Waals surface area contributed by atoms with Crippen LogP contribution in [0.2, 0.25) is 0 Å². The van der Waals surface area contributed by atoms with Gasteiger partial charge in [0.1, 0.15) is 6.54 Å². The standard InChI is InChI=1S/C18H30N2O4/c1-4-7-13-24-20(15-17(22-5-2)23-6-3)18(21)19-14-16-11-9-8-10-12-16/h8-12,17H,4-7,13-15H2,1-3H3,(H,19,21). The Kier molecular flexibility index (Phi) is 10.8. The molecule has 1 aromatic carbocycles. The van der Waals surface area contributed by atoms with Crippen LogP contribution in [-0.2, 0) is 20.9 Å². The van der Waals surface area contributed by atoms with Crippen LogP contribution in [0.15, 0.2) is 30.3 Å². The van der Waals surface area contributed by atoms with Gasteiger partial charge in [0.2, 0.25) is 0 Å². The Hall–Kier alpha value is -1.63. The maximum absolute atomic E-state index is 12.4. The molecule has 0 aliphatic rings. The Bertz CT molecular complexity index is 436. The summed E-state index contributed by atoms with van der Waals surface area (Å²) >= 11 is 0. The van der Waals surface area contributed by atoms with Crippen molar-refractivity contribution in [3.63, 3.8) is 0 Å². The first-order valence-electron chi connectivity index (χ1n) is 8.66. The third kappa shape index (κ3) is 8.29. The highest BCUT2D eigenvalue weighted by molar-refractivity contribution is 5.73. The number of nitrogens with zero attached hydrogens (tertiary/aromatic N) is 1. The highest BCUT2D eigenvalue weighted by atomic mass is 16.7. The van der Waals surface area contributed by atoms with Crippen LogP contribution < -0.4 is 5.32 Å². The number of hydrogen-bond acceptors (Lipinski definition) is 4. The Balaban J connectivity index is 2.59. The lowest BCUT2D eigenvalue weighted by atomic mass is 10.2. The van der Waals surface area contributed by atoms with Gasteiger partial charge < -0.3 is 14.8 Å². The normalized spacial score (nSPS) is 10.8. The summed E-state index contributed by atoms with van der Waals surface area (Å²) in [5.41, 5.74) is 1.03. The summed E-state index contributed by atoms with van der Waals surface area (Å²) in [4.78, 5) is 18.1. The molecule has 2 amide bonds. The van der Waals surface area contributed by atoms with Crippen molar-refractivity contribution >= 4 is 6.03 Å². The molecule has 0 fully saturated rings. The highest BCUT2D eigenvalue weighted by Crippen LogP contribution is 2.04. The van der Waals surface area contributed by atoms with E-state index in [0.717, 1.165) is 18.4 Å². The quantitative estimate of drug-likeness (QED) is 0.361. The average Bonchev–Trinajstić information content (AvgIpc) is 2.60. The van der Waals surface area contributed by atoms with Gasteiger partial charge >= 0.3 is 6.03 Å². The summed E-state index contributed by atoms with van der Waals surface area (Å²) in [6.07, 6.45) is 1.39. The van der Waals surface area contributed by atoms with Crippen molar-refractivity contribution in [2.24, 2.45) is 0 Å². The van der Waals surface area contributed by atoms with E-state index in [1.165, 1.54) is 5.06 Å². The van der Waals surface area contributed by atoms with E-state index in [1.54, 1.807) is 0 Å². The summed E-state index contributed by atoms with van der Waals surface area (Å²) in [5.74, 6) is 0. The van der Waals surface area contributed by atoms with Crippen LogP contribution in [-0.4, -0.2) is 43.7 Å². The Morgan fingerprint density at radius 1 is 1.12 bits per heavy atom. The number of rotatable bonds is 12. The minimum absolute atomic E-state index is 0.228. The molecule has 0 spiro atoms. The third-order valence-corrected chi connectivity index (χ3v) is 3.28. The largest absolute Gasteiger partial charge is 0.351 e. The van der Waals surface area contributed by atoms with Crippen molar-refractivity contribution in [3.05, 3.63) is 35.9 Å². The van der Waals surface area contributed by atoms with E-state index in [1.807, 2.05) is 44.2 Å². The summed E-state index contributed by atoms with van der Waals surface area (Å²) in [7, 11) is 0. The maximum atomic E-state index is 12.4. The highest BCUT2D eigenvalue weighted by Gasteiger charge is 2.20. The number of nitrogens with one attached hydrogen (secondary N) is 1. The molecule has 0 saturated heterocycles. The topological polar surface area (TPSA) is 60.0 Å². The van der Waals surface area contributed by atoms with E-state index < -0.39 is 6.29 Å². The molecule has 0 heterocycles. The first kappa shape index (κ1) is 20.4. The lowest BCUT2D eigenvalue weighted by molar-refractivity contribution is -0.199. The molecule has 24 heavy (non-hydrogen) atoms. The van der Waals surface area contributed by atoms with Gasteiger partial charge in [0.25, 0.3) is 0 Å². The van der Waals surface area contributed by atoms with Gasteiger partial charge in [-0.25, -0.2) is 4.79 Å². The molecule has 0 radical (unpaired) electrons. The number of carbonyl (C=O) groups is 1. The zero-order chi connectivity index (χ0) is 17.6. The fraction of sp³-hybridized carbons (Fsp3) is 0.611. The van der Waals surface area contributed by atoms with Crippen molar-refractivity contribution < 1.29 is 19.1 Å². The molecule has 0 aliphatic heterocycles. The lowest BCUT2D eigenvalue weighted by Crippen LogP contribution is -2.45. The smallest absolute Gasteiger partial charge is 0.341 e. The van der Waals surface area contributed by atoms with Crippen LogP contribution in [0.25, 0.3) is 0 Å². The van der Waals surface area contributed by atoms with Crippen molar-refractivity contribution in [2.75, 3.05) is 26.4 Å². The third-order valence-electron chi connectivity index (χ3n) is 3.28. The number of benzene rings is 1. The molecule has 6 nitrogen and oxygen atoms in total. The summed E-state index contributed by atoms with van der Waals surface area (Å²) in [6, 6.07) is 9.46. The number of hydroxylamine groups is 2. The van der Waals surface area contributed by atoms with Gasteiger partial charge in [0, 0.05) is 19.8 Å². The molecule has 1 rings (SSSR count). The first-order valence-corrected chi connectivity index (χ1v) is 8.66. The van der Waals surface area contributed by atoms with E-state index in [-0.39, 0.29) is 12.6 Å². The summed E-state index contributed by atoms with van der Waals surface area (Å²) < 4.78 is 11.0. The second-order valence-corrected chi connectivity index (χ2v) is 5.23. The zero-order valence-electron chi connectivity index (χ0n) is 15.0. The average molecular weight is 338 g/mol.